The number of anilines is 2. The molecule has 1 aliphatic rings. The average Bonchev–Trinajstić information content (AvgIpc) is 2.55. The lowest BCUT2D eigenvalue weighted by molar-refractivity contribution is 0.372. The SMILES string of the molecule is Nc1ccc2c(c1)NC(=Nc1cccc3ccccc13)CO2. The second-order valence-electron chi connectivity index (χ2n) is 5.23. The van der Waals surface area contributed by atoms with Gasteiger partial charge in [-0.15, -0.1) is 0 Å². The summed E-state index contributed by atoms with van der Waals surface area (Å²) < 4.78 is 5.73. The first-order chi connectivity index (χ1) is 10.8. The molecular weight excluding hydrogens is 274 g/mol. The van der Waals surface area contributed by atoms with Crippen molar-refractivity contribution in [1.29, 1.82) is 0 Å². The quantitative estimate of drug-likeness (QED) is 0.667. The van der Waals surface area contributed by atoms with Crippen LogP contribution in [-0.4, -0.2) is 12.4 Å². The fourth-order valence-electron chi connectivity index (χ4n) is 2.62. The van der Waals surface area contributed by atoms with Crippen LogP contribution >= 0.6 is 0 Å². The number of hydrogen-bond acceptors (Lipinski definition) is 3. The molecular formula is C18H15N3O. The van der Waals surface area contributed by atoms with E-state index in [1.165, 1.54) is 5.39 Å². The summed E-state index contributed by atoms with van der Waals surface area (Å²) in [5.41, 5.74) is 8.29. The van der Waals surface area contributed by atoms with E-state index in [1.54, 1.807) is 0 Å². The van der Waals surface area contributed by atoms with Gasteiger partial charge in [0.15, 0.2) is 0 Å². The predicted molar refractivity (Wildman–Crippen MR) is 91.0 cm³/mol. The highest BCUT2D eigenvalue weighted by atomic mass is 16.5. The van der Waals surface area contributed by atoms with Crippen LogP contribution in [0.5, 0.6) is 5.75 Å². The van der Waals surface area contributed by atoms with Crippen molar-refractivity contribution >= 4 is 33.7 Å². The molecule has 0 saturated carbocycles. The Morgan fingerprint density at radius 1 is 1.00 bits per heavy atom. The fraction of sp³-hybridized carbons (Fsp3) is 0.0556. The fourth-order valence-corrected chi connectivity index (χ4v) is 2.62. The van der Waals surface area contributed by atoms with Gasteiger partial charge in [0, 0.05) is 11.1 Å². The summed E-state index contributed by atoms with van der Waals surface area (Å²) in [6.07, 6.45) is 0. The zero-order chi connectivity index (χ0) is 14.9. The molecule has 3 N–H and O–H groups in total. The maximum Gasteiger partial charge on any atom is 0.146 e. The summed E-state index contributed by atoms with van der Waals surface area (Å²) in [5, 5.41) is 5.59. The molecule has 1 aliphatic heterocycles. The molecule has 0 amide bonds. The van der Waals surface area contributed by atoms with E-state index in [1.807, 2.05) is 42.5 Å². The lowest BCUT2D eigenvalue weighted by atomic mass is 10.1. The zero-order valence-corrected chi connectivity index (χ0v) is 11.9. The van der Waals surface area contributed by atoms with Gasteiger partial charge >= 0.3 is 0 Å². The van der Waals surface area contributed by atoms with E-state index < -0.39 is 0 Å². The van der Waals surface area contributed by atoms with Gasteiger partial charge in [0.25, 0.3) is 0 Å². The highest BCUT2D eigenvalue weighted by Gasteiger charge is 2.15. The number of aliphatic imine (C=N–C) groups is 1. The number of benzene rings is 3. The minimum atomic E-state index is 0.417. The van der Waals surface area contributed by atoms with Crippen molar-refractivity contribution in [3.63, 3.8) is 0 Å². The van der Waals surface area contributed by atoms with E-state index in [-0.39, 0.29) is 0 Å². The van der Waals surface area contributed by atoms with E-state index in [2.05, 4.69) is 23.5 Å². The zero-order valence-electron chi connectivity index (χ0n) is 11.9. The number of nitrogen functional groups attached to an aromatic ring is 1. The monoisotopic (exact) mass is 289 g/mol. The van der Waals surface area contributed by atoms with Crippen molar-refractivity contribution in [3.05, 3.63) is 60.7 Å². The standard InChI is InChI=1S/C18H15N3O/c19-13-8-9-17-16(10-13)21-18(11-22-17)20-15-7-3-5-12-4-1-2-6-14(12)15/h1-10H,11,19H2,(H,20,21). The van der Waals surface area contributed by atoms with Gasteiger partial charge in [-0.1, -0.05) is 36.4 Å². The summed E-state index contributed by atoms with van der Waals surface area (Å²) in [6, 6.07) is 19.9. The topological polar surface area (TPSA) is 59.6 Å². The third-order valence-electron chi connectivity index (χ3n) is 3.67. The van der Waals surface area contributed by atoms with Crippen molar-refractivity contribution in [3.8, 4) is 5.75 Å². The van der Waals surface area contributed by atoms with Crippen LogP contribution in [0, 0.1) is 0 Å². The number of nitrogens with one attached hydrogen (secondary N) is 1. The highest BCUT2D eigenvalue weighted by molar-refractivity contribution is 6.03. The van der Waals surface area contributed by atoms with Gasteiger partial charge in [0.1, 0.15) is 18.2 Å². The van der Waals surface area contributed by atoms with E-state index in [0.717, 1.165) is 28.3 Å². The van der Waals surface area contributed by atoms with Crippen LogP contribution in [0.3, 0.4) is 0 Å². The minimum Gasteiger partial charge on any atom is -0.484 e. The first kappa shape index (κ1) is 12.7. The number of nitrogens with two attached hydrogens (primary N) is 1. The molecule has 3 aromatic rings. The molecule has 108 valence electrons. The molecule has 22 heavy (non-hydrogen) atoms. The van der Waals surface area contributed by atoms with E-state index in [0.29, 0.717) is 12.3 Å². The smallest absolute Gasteiger partial charge is 0.146 e. The number of fused-ring (bicyclic) bond motifs is 2. The summed E-state index contributed by atoms with van der Waals surface area (Å²) in [7, 11) is 0. The van der Waals surface area contributed by atoms with E-state index in [9.17, 15) is 0 Å². The number of ether oxygens (including phenoxy) is 1. The number of amidine groups is 1. The Bertz CT molecular complexity index is 881. The summed E-state index contributed by atoms with van der Waals surface area (Å²) in [6.45, 7) is 0.417. The molecule has 0 saturated heterocycles. The normalized spacial score (nSPS) is 15.2. The Morgan fingerprint density at radius 3 is 2.82 bits per heavy atom. The first-order valence-corrected chi connectivity index (χ1v) is 7.14. The molecule has 1 heterocycles. The van der Waals surface area contributed by atoms with Crippen molar-refractivity contribution in [2.75, 3.05) is 17.7 Å². The van der Waals surface area contributed by atoms with Crippen LogP contribution in [0.25, 0.3) is 10.8 Å². The van der Waals surface area contributed by atoms with E-state index >= 15 is 0 Å². The van der Waals surface area contributed by atoms with E-state index in [4.69, 9.17) is 15.5 Å². The molecule has 4 nitrogen and oxygen atoms in total. The first-order valence-electron chi connectivity index (χ1n) is 7.14. The molecule has 0 atom stereocenters. The third-order valence-corrected chi connectivity index (χ3v) is 3.67. The second-order valence-corrected chi connectivity index (χ2v) is 5.23. The molecule has 0 unspecified atom stereocenters. The Kier molecular flexibility index (Phi) is 2.93. The molecule has 0 fully saturated rings. The molecule has 0 aromatic heterocycles. The summed E-state index contributed by atoms with van der Waals surface area (Å²) >= 11 is 0. The van der Waals surface area contributed by atoms with Crippen molar-refractivity contribution < 1.29 is 4.74 Å². The molecule has 0 radical (unpaired) electrons. The molecule has 0 aliphatic carbocycles. The molecule has 4 rings (SSSR count). The Morgan fingerprint density at radius 2 is 1.86 bits per heavy atom. The predicted octanol–water partition coefficient (Wildman–Crippen LogP) is 3.96. The second kappa shape index (κ2) is 5.07. The van der Waals surface area contributed by atoms with Gasteiger partial charge in [0.05, 0.1) is 11.4 Å². The summed E-state index contributed by atoms with van der Waals surface area (Å²) in [4.78, 5) is 4.71. The Balaban J connectivity index is 1.74. The lowest BCUT2D eigenvalue weighted by Crippen LogP contribution is -2.25. The van der Waals surface area contributed by atoms with Crippen LogP contribution in [0.15, 0.2) is 65.7 Å². The molecule has 0 bridgehead atoms. The number of nitrogens with zero attached hydrogens (tertiary/aromatic N) is 1. The van der Waals surface area contributed by atoms with Crippen molar-refractivity contribution in [2.45, 2.75) is 0 Å². The van der Waals surface area contributed by atoms with Gasteiger partial charge in [-0.3, -0.25) is 0 Å². The van der Waals surface area contributed by atoms with Crippen LogP contribution in [0.1, 0.15) is 0 Å². The van der Waals surface area contributed by atoms with Crippen LogP contribution in [0.4, 0.5) is 17.1 Å². The largest absolute Gasteiger partial charge is 0.484 e. The third kappa shape index (κ3) is 2.24. The van der Waals surface area contributed by atoms with Crippen LogP contribution in [0.2, 0.25) is 0 Å². The Labute approximate surface area is 128 Å². The number of rotatable bonds is 1. The van der Waals surface area contributed by atoms with Gasteiger partial charge in [-0.25, -0.2) is 4.99 Å². The van der Waals surface area contributed by atoms with Gasteiger partial charge in [-0.2, -0.15) is 0 Å². The van der Waals surface area contributed by atoms with Crippen molar-refractivity contribution in [1.82, 2.24) is 0 Å². The maximum absolute atomic E-state index is 5.82. The van der Waals surface area contributed by atoms with Gasteiger partial charge < -0.3 is 15.8 Å². The van der Waals surface area contributed by atoms with Crippen LogP contribution < -0.4 is 15.8 Å². The highest BCUT2D eigenvalue weighted by Crippen LogP contribution is 2.31. The minimum absolute atomic E-state index is 0.417. The molecule has 4 heteroatoms. The van der Waals surface area contributed by atoms with Crippen molar-refractivity contribution in [2.24, 2.45) is 4.99 Å². The molecule has 3 aromatic carbocycles. The number of hydrogen-bond donors (Lipinski definition) is 2. The lowest BCUT2D eigenvalue weighted by Gasteiger charge is -2.21. The Hall–Kier alpha value is -3.01. The van der Waals surface area contributed by atoms with Gasteiger partial charge in [0.2, 0.25) is 0 Å². The van der Waals surface area contributed by atoms with Gasteiger partial charge in [-0.05, 0) is 29.7 Å². The summed E-state index contributed by atoms with van der Waals surface area (Å²) in [5.74, 6) is 1.57. The van der Waals surface area contributed by atoms with Crippen LogP contribution in [-0.2, 0) is 0 Å². The average molecular weight is 289 g/mol. The molecule has 0 spiro atoms. The maximum atomic E-state index is 5.82.